The van der Waals surface area contributed by atoms with Gasteiger partial charge in [0.1, 0.15) is 29.2 Å². The van der Waals surface area contributed by atoms with Crippen LogP contribution in [-0.4, -0.2) is 46.3 Å². The molecule has 1 amide bonds. The van der Waals surface area contributed by atoms with Crippen molar-refractivity contribution >= 4 is 50.7 Å². The molecule has 0 spiro atoms. The second-order valence-electron chi connectivity index (χ2n) is 10.8. The number of rotatable bonds is 5. The van der Waals surface area contributed by atoms with Gasteiger partial charge in [0.05, 0.1) is 52.3 Å². The Morgan fingerprint density at radius 1 is 1.04 bits per heavy atom. The van der Waals surface area contributed by atoms with Crippen LogP contribution in [0.5, 0.6) is 0 Å². The average molecular weight is 625 g/mol. The quantitative estimate of drug-likeness (QED) is 0.213. The lowest BCUT2D eigenvalue weighted by Crippen LogP contribution is -2.25. The molecule has 1 atom stereocenters. The van der Waals surface area contributed by atoms with Crippen molar-refractivity contribution in [3.63, 3.8) is 0 Å². The molecule has 45 heavy (non-hydrogen) atoms. The number of hydrogen-bond acceptors (Lipinski definition) is 6. The van der Waals surface area contributed by atoms with E-state index in [0.29, 0.717) is 62.2 Å². The SMILES string of the molecule is CNC(=O)c1c(-c2ccc(F)cc2)oc2cc(N(C)[S+](C)[O-])c(-c3ccc4c(n3)-c3cc5c(F)cccc5n3C(=O)CC4)cc12. The third-order valence-electron chi connectivity index (χ3n) is 8.24. The standard InChI is InChI=1S/C34H26F2N4O4S/c1-37-34(42)31-23-15-22(27(39(2)45(3)43)17-29(23)44-33(31)19-7-11-20(35)12-8-19)25-13-9-18-10-14-30(41)40-26-6-4-5-24(36)21(26)16-28(40)32(18)38-25/h4-9,11-13,15-17H,10,14H2,1-3H3,(H,37,42). The van der Waals surface area contributed by atoms with Gasteiger partial charge >= 0.3 is 0 Å². The van der Waals surface area contributed by atoms with E-state index in [2.05, 4.69) is 5.32 Å². The summed E-state index contributed by atoms with van der Waals surface area (Å²) in [7, 11) is 3.18. The Bertz CT molecular complexity index is 2170. The topological polar surface area (TPSA) is 103 Å². The molecule has 0 saturated heterocycles. The maximum Gasteiger partial charge on any atom is 0.255 e. The monoisotopic (exact) mass is 624 g/mol. The van der Waals surface area contributed by atoms with Crippen molar-refractivity contribution < 1.29 is 27.3 Å². The van der Waals surface area contributed by atoms with E-state index >= 15 is 0 Å². The fourth-order valence-corrected chi connectivity index (χ4v) is 6.37. The molecule has 7 rings (SSSR count). The summed E-state index contributed by atoms with van der Waals surface area (Å²) in [6.07, 6.45) is 2.22. The normalized spacial score (nSPS) is 13.4. The number of nitrogens with zero attached hydrogens (tertiary/aromatic N) is 3. The maximum absolute atomic E-state index is 14.8. The molecule has 1 aliphatic rings. The van der Waals surface area contributed by atoms with E-state index in [9.17, 15) is 22.9 Å². The number of hydrogen-bond donors (Lipinski definition) is 1. The highest BCUT2D eigenvalue weighted by Crippen LogP contribution is 2.42. The van der Waals surface area contributed by atoms with Crippen molar-refractivity contribution in [3.05, 3.63) is 95.6 Å². The van der Waals surface area contributed by atoms with Crippen molar-refractivity contribution in [2.24, 2.45) is 0 Å². The van der Waals surface area contributed by atoms with Gasteiger partial charge in [-0.2, -0.15) is 4.31 Å². The lowest BCUT2D eigenvalue weighted by atomic mass is 9.99. The Labute approximate surface area is 259 Å². The summed E-state index contributed by atoms with van der Waals surface area (Å²) in [6.45, 7) is 0. The maximum atomic E-state index is 14.8. The molecular weight excluding hydrogens is 598 g/mol. The van der Waals surface area contributed by atoms with Crippen LogP contribution >= 0.6 is 0 Å². The third-order valence-corrected chi connectivity index (χ3v) is 9.21. The van der Waals surface area contributed by atoms with Crippen LogP contribution in [0.3, 0.4) is 0 Å². The molecule has 0 aliphatic carbocycles. The molecule has 11 heteroatoms. The largest absolute Gasteiger partial charge is 0.593 e. The number of carbonyl (C=O) groups excluding carboxylic acids is 2. The Balaban J connectivity index is 1.50. The van der Waals surface area contributed by atoms with Crippen molar-refractivity contribution in [2.45, 2.75) is 12.8 Å². The molecule has 1 aliphatic heterocycles. The number of carbonyl (C=O) groups is 2. The molecule has 0 radical (unpaired) electrons. The first-order chi connectivity index (χ1) is 21.7. The first-order valence-electron chi connectivity index (χ1n) is 14.2. The third kappa shape index (κ3) is 4.66. The summed E-state index contributed by atoms with van der Waals surface area (Å²) in [6, 6.07) is 19.1. The smallest absolute Gasteiger partial charge is 0.255 e. The number of halogens is 2. The van der Waals surface area contributed by atoms with Gasteiger partial charge < -0.3 is 14.3 Å². The van der Waals surface area contributed by atoms with Crippen molar-refractivity contribution in [2.75, 3.05) is 24.7 Å². The van der Waals surface area contributed by atoms with Gasteiger partial charge in [0.25, 0.3) is 5.91 Å². The number of amides is 1. The van der Waals surface area contributed by atoms with E-state index in [0.717, 1.165) is 5.56 Å². The summed E-state index contributed by atoms with van der Waals surface area (Å²) >= 11 is -1.44. The fraction of sp³-hybridized carbons (Fsp3) is 0.147. The summed E-state index contributed by atoms with van der Waals surface area (Å²) in [5, 5.41) is 3.47. The first-order valence-corrected chi connectivity index (χ1v) is 15.7. The molecule has 3 aromatic carbocycles. The number of aryl methyl sites for hydroxylation is 1. The van der Waals surface area contributed by atoms with Gasteiger partial charge in [0.2, 0.25) is 5.91 Å². The lowest BCUT2D eigenvalue weighted by molar-refractivity contribution is 0.0910. The number of aromatic nitrogens is 2. The van der Waals surface area contributed by atoms with Crippen molar-refractivity contribution in [3.8, 4) is 34.0 Å². The van der Waals surface area contributed by atoms with Crippen LogP contribution in [0.15, 0.2) is 77.2 Å². The van der Waals surface area contributed by atoms with Crippen LogP contribution in [-0.2, 0) is 17.8 Å². The highest BCUT2D eigenvalue weighted by atomic mass is 32.2. The summed E-state index contributed by atoms with van der Waals surface area (Å²) < 4.78 is 50.6. The van der Waals surface area contributed by atoms with Gasteiger partial charge in [0.15, 0.2) is 0 Å². The van der Waals surface area contributed by atoms with Crippen LogP contribution in [0.25, 0.3) is 55.8 Å². The van der Waals surface area contributed by atoms with Crippen LogP contribution in [0.1, 0.15) is 27.1 Å². The summed E-state index contributed by atoms with van der Waals surface area (Å²) in [5.41, 5.74) is 5.01. The molecule has 0 fully saturated rings. The molecule has 8 nitrogen and oxygen atoms in total. The van der Waals surface area contributed by atoms with E-state index in [-0.39, 0.29) is 23.7 Å². The second-order valence-corrected chi connectivity index (χ2v) is 12.2. The van der Waals surface area contributed by atoms with E-state index in [1.165, 1.54) is 41.9 Å². The van der Waals surface area contributed by atoms with Gasteiger partial charge in [-0.3, -0.25) is 14.2 Å². The minimum absolute atomic E-state index is 0.157. The Kier molecular flexibility index (Phi) is 6.94. The predicted octanol–water partition coefficient (Wildman–Crippen LogP) is 6.74. The number of pyridine rings is 1. The number of benzene rings is 3. The fourth-order valence-electron chi connectivity index (χ4n) is 5.94. The highest BCUT2D eigenvalue weighted by Gasteiger charge is 2.28. The molecule has 226 valence electrons. The predicted molar refractivity (Wildman–Crippen MR) is 171 cm³/mol. The molecule has 3 aromatic heterocycles. The molecule has 1 unspecified atom stereocenters. The van der Waals surface area contributed by atoms with Gasteiger partial charge in [-0.05, 0) is 66.6 Å². The minimum atomic E-state index is -1.44. The zero-order chi connectivity index (χ0) is 31.6. The molecule has 0 bridgehead atoms. The van der Waals surface area contributed by atoms with Gasteiger partial charge in [0, 0.05) is 41.4 Å². The van der Waals surface area contributed by atoms with Gasteiger partial charge in [-0.15, -0.1) is 0 Å². The second kappa shape index (κ2) is 10.9. The molecule has 0 saturated carbocycles. The summed E-state index contributed by atoms with van der Waals surface area (Å²) in [5.74, 6) is -1.16. The number of anilines is 1. The van der Waals surface area contributed by atoms with E-state index in [4.69, 9.17) is 9.40 Å². The van der Waals surface area contributed by atoms with Gasteiger partial charge in [-0.1, -0.05) is 12.1 Å². The Hall–Kier alpha value is -5.00. The van der Waals surface area contributed by atoms with E-state index in [1.807, 2.05) is 12.1 Å². The number of fused-ring (bicyclic) bond motifs is 6. The minimum Gasteiger partial charge on any atom is -0.593 e. The molecular formula is C34H26F2N4O4S. The average Bonchev–Trinajstić information content (AvgIpc) is 3.58. The highest BCUT2D eigenvalue weighted by molar-refractivity contribution is 7.92. The zero-order valence-corrected chi connectivity index (χ0v) is 25.3. The zero-order valence-electron chi connectivity index (χ0n) is 24.5. The number of nitrogens with one attached hydrogen (secondary N) is 1. The lowest BCUT2D eigenvalue weighted by Gasteiger charge is -2.22. The van der Waals surface area contributed by atoms with Crippen LogP contribution < -0.4 is 9.62 Å². The Morgan fingerprint density at radius 2 is 1.82 bits per heavy atom. The van der Waals surface area contributed by atoms with Crippen LogP contribution in [0.4, 0.5) is 14.5 Å². The molecule has 4 heterocycles. The number of furan rings is 1. The molecule has 1 N–H and O–H groups in total. The summed E-state index contributed by atoms with van der Waals surface area (Å²) in [4.78, 5) is 31.5. The van der Waals surface area contributed by atoms with Crippen molar-refractivity contribution in [1.29, 1.82) is 0 Å². The molecule has 6 aromatic rings. The van der Waals surface area contributed by atoms with E-state index in [1.54, 1.807) is 47.9 Å². The Morgan fingerprint density at radius 3 is 2.56 bits per heavy atom. The van der Waals surface area contributed by atoms with Crippen LogP contribution in [0.2, 0.25) is 0 Å². The van der Waals surface area contributed by atoms with Gasteiger partial charge in [-0.25, -0.2) is 13.8 Å². The first kappa shape index (κ1) is 28.8. The van der Waals surface area contributed by atoms with E-state index < -0.39 is 28.9 Å². The van der Waals surface area contributed by atoms with Crippen LogP contribution in [0, 0.1) is 11.6 Å². The van der Waals surface area contributed by atoms with Crippen molar-refractivity contribution in [1.82, 2.24) is 14.9 Å².